The maximum absolute atomic E-state index is 13.0. The second-order valence-electron chi connectivity index (χ2n) is 4.95. The SMILES string of the molecule is CCOc1cc(C)cc(OS(=O)(=O)c2ccccc2C(F)(F)F)c1. The molecule has 0 bridgehead atoms. The van der Waals surface area contributed by atoms with Crippen LogP contribution in [0.2, 0.25) is 0 Å². The lowest BCUT2D eigenvalue weighted by Crippen LogP contribution is -2.17. The third kappa shape index (κ3) is 4.19. The van der Waals surface area contributed by atoms with Crippen molar-refractivity contribution in [2.75, 3.05) is 6.61 Å². The molecule has 0 heterocycles. The molecule has 24 heavy (non-hydrogen) atoms. The van der Waals surface area contributed by atoms with Crippen molar-refractivity contribution in [3.8, 4) is 11.5 Å². The van der Waals surface area contributed by atoms with Crippen molar-refractivity contribution in [1.82, 2.24) is 0 Å². The molecule has 0 saturated heterocycles. The maximum atomic E-state index is 13.0. The molecule has 0 spiro atoms. The highest BCUT2D eigenvalue weighted by Gasteiger charge is 2.37. The van der Waals surface area contributed by atoms with Crippen LogP contribution in [0.1, 0.15) is 18.1 Å². The van der Waals surface area contributed by atoms with E-state index >= 15 is 0 Å². The summed E-state index contributed by atoms with van der Waals surface area (Å²) < 4.78 is 73.7. The van der Waals surface area contributed by atoms with Gasteiger partial charge in [-0.15, -0.1) is 0 Å². The van der Waals surface area contributed by atoms with Crippen LogP contribution in [0.25, 0.3) is 0 Å². The summed E-state index contributed by atoms with van der Waals surface area (Å²) in [5.41, 5.74) is -0.627. The first-order valence-corrected chi connectivity index (χ1v) is 8.39. The minimum absolute atomic E-state index is 0.115. The van der Waals surface area contributed by atoms with Crippen molar-refractivity contribution in [2.24, 2.45) is 0 Å². The predicted molar refractivity (Wildman–Crippen MR) is 81.6 cm³/mol. The molecule has 0 fully saturated rings. The van der Waals surface area contributed by atoms with Crippen molar-refractivity contribution in [3.63, 3.8) is 0 Å². The molecule has 0 N–H and O–H groups in total. The Hall–Kier alpha value is -2.22. The summed E-state index contributed by atoms with van der Waals surface area (Å²) in [4.78, 5) is -0.933. The van der Waals surface area contributed by atoms with Gasteiger partial charge in [0.1, 0.15) is 16.4 Å². The minimum atomic E-state index is -4.81. The molecule has 0 aromatic heterocycles. The minimum Gasteiger partial charge on any atom is -0.494 e. The zero-order valence-electron chi connectivity index (χ0n) is 12.9. The van der Waals surface area contributed by atoms with E-state index in [1.54, 1.807) is 19.9 Å². The molecule has 2 rings (SSSR count). The highest BCUT2D eigenvalue weighted by atomic mass is 32.2. The molecule has 130 valence electrons. The van der Waals surface area contributed by atoms with Gasteiger partial charge in [0.2, 0.25) is 0 Å². The second kappa shape index (κ2) is 6.72. The summed E-state index contributed by atoms with van der Waals surface area (Å²) in [7, 11) is -4.65. The Morgan fingerprint density at radius 3 is 2.29 bits per heavy atom. The number of aryl methyl sites for hydroxylation is 1. The Bertz CT molecular complexity index is 829. The first kappa shape index (κ1) is 18.1. The lowest BCUT2D eigenvalue weighted by atomic mass is 10.2. The van der Waals surface area contributed by atoms with Gasteiger partial charge in [-0.05, 0) is 43.7 Å². The van der Waals surface area contributed by atoms with E-state index in [9.17, 15) is 21.6 Å². The van der Waals surface area contributed by atoms with Gasteiger partial charge in [0.05, 0.1) is 12.2 Å². The van der Waals surface area contributed by atoms with Gasteiger partial charge in [-0.3, -0.25) is 0 Å². The number of halogens is 3. The van der Waals surface area contributed by atoms with E-state index in [1.807, 2.05) is 0 Å². The number of alkyl halides is 3. The Morgan fingerprint density at radius 1 is 1.04 bits per heavy atom. The van der Waals surface area contributed by atoms with Gasteiger partial charge in [0.15, 0.2) is 0 Å². The monoisotopic (exact) mass is 360 g/mol. The summed E-state index contributed by atoms with van der Waals surface area (Å²) in [6, 6.07) is 8.23. The van der Waals surface area contributed by atoms with E-state index in [-0.39, 0.29) is 5.75 Å². The van der Waals surface area contributed by atoms with Crippen LogP contribution < -0.4 is 8.92 Å². The zero-order valence-corrected chi connectivity index (χ0v) is 13.7. The van der Waals surface area contributed by atoms with Gasteiger partial charge in [-0.1, -0.05) is 12.1 Å². The number of ether oxygens (including phenoxy) is 1. The molecule has 0 unspecified atom stereocenters. The van der Waals surface area contributed by atoms with Crippen molar-refractivity contribution in [1.29, 1.82) is 0 Å². The van der Waals surface area contributed by atoms with E-state index in [2.05, 4.69) is 0 Å². The number of hydrogen-bond donors (Lipinski definition) is 0. The summed E-state index contributed by atoms with van der Waals surface area (Å²) in [6.45, 7) is 3.79. The standard InChI is InChI=1S/C16H15F3O4S/c1-3-22-12-8-11(2)9-13(10-12)23-24(20,21)15-7-5-4-6-14(15)16(17,18)19/h4-10H,3H2,1-2H3. The fraction of sp³-hybridized carbons (Fsp3) is 0.250. The lowest BCUT2D eigenvalue weighted by molar-refractivity contribution is -0.139. The van der Waals surface area contributed by atoms with E-state index in [0.717, 1.165) is 12.1 Å². The van der Waals surface area contributed by atoms with Gasteiger partial charge in [0, 0.05) is 6.07 Å². The van der Waals surface area contributed by atoms with Crippen LogP contribution in [0.3, 0.4) is 0 Å². The highest BCUT2D eigenvalue weighted by molar-refractivity contribution is 7.87. The van der Waals surface area contributed by atoms with Crippen LogP contribution in [-0.2, 0) is 16.3 Å². The van der Waals surface area contributed by atoms with E-state index in [4.69, 9.17) is 8.92 Å². The maximum Gasteiger partial charge on any atom is 0.417 e. The highest BCUT2D eigenvalue weighted by Crippen LogP contribution is 2.35. The molecule has 2 aromatic rings. The summed E-state index contributed by atoms with van der Waals surface area (Å²) in [5, 5.41) is 0. The molecule has 0 saturated carbocycles. The topological polar surface area (TPSA) is 52.6 Å². The van der Waals surface area contributed by atoms with Gasteiger partial charge in [-0.2, -0.15) is 21.6 Å². The fourth-order valence-electron chi connectivity index (χ4n) is 2.10. The van der Waals surface area contributed by atoms with Gasteiger partial charge >= 0.3 is 16.3 Å². The molecule has 0 atom stereocenters. The molecule has 0 amide bonds. The molecule has 0 aliphatic rings. The normalized spacial score (nSPS) is 12.0. The van der Waals surface area contributed by atoms with Crippen molar-refractivity contribution >= 4 is 10.1 Å². The first-order valence-electron chi connectivity index (χ1n) is 6.98. The second-order valence-corrected chi connectivity index (χ2v) is 6.46. The predicted octanol–water partition coefficient (Wildman–Crippen LogP) is 4.18. The molecule has 0 aliphatic heterocycles. The van der Waals surface area contributed by atoms with Gasteiger partial charge < -0.3 is 8.92 Å². The van der Waals surface area contributed by atoms with Crippen LogP contribution in [0.15, 0.2) is 47.4 Å². The summed E-state index contributed by atoms with van der Waals surface area (Å²) >= 11 is 0. The Morgan fingerprint density at radius 2 is 1.67 bits per heavy atom. The number of hydrogen-bond acceptors (Lipinski definition) is 4. The Labute approximate surface area is 138 Å². The summed E-state index contributed by atoms with van der Waals surface area (Å²) in [5.74, 6) is 0.252. The average Bonchev–Trinajstić information content (AvgIpc) is 2.45. The molecule has 0 radical (unpaired) electrons. The smallest absolute Gasteiger partial charge is 0.417 e. The zero-order chi connectivity index (χ0) is 18.0. The quantitative estimate of drug-likeness (QED) is 0.751. The Balaban J connectivity index is 2.44. The van der Waals surface area contributed by atoms with Gasteiger partial charge in [0.25, 0.3) is 0 Å². The lowest BCUT2D eigenvalue weighted by Gasteiger charge is -2.14. The van der Waals surface area contributed by atoms with Crippen molar-refractivity contribution < 1.29 is 30.5 Å². The van der Waals surface area contributed by atoms with Gasteiger partial charge in [-0.25, -0.2) is 0 Å². The number of benzene rings is 2. The molecule has 0 aliphatic carbocycles. The molecular formula is C16H15F3O4S. The number of rotatable bonds is 5. The van der Waals surface area contributed by atoms with Crippen molar-refractivity contribution in [2.45, 2.75) is 24.9 Å². The molecular weight excluding hydrogens is 345 g/mol. The van der Waals surface area contributed by atoms with E-state index in [0.29, 0.717) is 24.0 Å². The third-order valence-electron chi connectivity index (χ3n) is 3.00. The van der Waals surface area contributed by atoms with E-state index < -0.39 is 26.8 Å². The van der Waals surface area contributed by atoms with Crippen LogP contribution in [0.5, 0.6) is 11.5 Å². The van der Waals surface area contributed by atoms with Crippen molar-refractivity contribution in [3.05, 3.63) is 53.6 Å². The average molecular weight is 360 g/mol. The van der Waals surface area contributed by atoms with Crippen LogP contribution in [0, 0.1) is 6.92 Å². The third-order valence-corrected chi connectivity index (χ3v) is 4.31. The van der Waals surface area contributed by atoms with Crippen LogP contribution >= 0.6 is 0 Å². The summed E-state index contributed by atoms with van der Waals surface area (Å²) in [6.07, 6.45) is -4.81. The molecule has 4 nitrogen and oxygen atoms in total. The largest absolute Gasteiger partial charge is 0.494 e. The Kier molecular flexibility index (Phi) is 5.08. The molecule has 8 heteroatoms. The first-order chi connectivity index (χ1) is 11.1. The van der Waals surface area contributed by atoms with Crippen LogP contribution in [-0.4, -0.2) is 15.0 Å². The van der Waals surface area contributed by atoms with E-state index in [1.165, 1.54) is 18.2 Å². The molecule has 2 aromatic carbocycles. The van der Waals surface area contributed by atoms with Crippen LogP contribution in [0.4, 0.5) is 13.2 Å². The fourth-order valence-corrected chi connectivity index (χ4v) is 3.24.